The van der Waals surface area contributed by atoms with Crippen molar-refractivity contribution >= 4 is 22.4 Å². The van der Waals surface area contributed by atoms with Gasteiger partial charge in [0.2, 0.25) is 10.0 Å². The summed E-state index contributed by atoms with van der Waals surface area (Å²) in [4.78, 5) is 0.192. The molecule has 1 atom stereocenters. The first-order chi connectivity index (χ1) is 9.03. The van der Waals surface area contributed by atoms with Crippen LogP contribution < -0.4 is 10.0 Å². The molecule has 0 spiro atoms. The summed E-state index contributed by atoms with van der Waals surface area (Å²) in [5.41, 5.74) is 1.00. The van der Waals surface area contributed by atoms with Gasteiger partial charge >= 0.3 is 0 Å². The van der Waals surface area contributed by atoms with Crippen LogP contribution in [0.3, 0.4) is 0 Å². The Kier molecular flexibility index (Phi) is 5.96. The van der Waals surface area contributed by atoms with E-state index >= 15 is 0 Å². The number of halogens is 1. The summed E-state index contributed by atoms with van der Waals surface area (Å²) in [6, 6.07) is 6.59. The van der Waals surface area contributed by atoms with Gasteiger partial charge < -0.3 is 5.32 Å². The standard InChI is InChI=1S/C13H17N3O2S.ClH/c1-10-4-5-11(8-14)7-13(10)19(17,18)16-12-3-2-6-15-9-12;/h4-5,7,12,15-16H,2-3,6,9H2,1H3;1H/t12-;/m0./s1. The average Bonchev–Trinajstić information content (AvgIpc) is 2.39. The van der Waals surface area contributed by atoms with Crippen LogP contribution in [0.1, 0.15) is 24.0 Å². The van der Waals surface area contributed by atoms with Gasteiger partial charge in [0, 0.05) is 12.6 Å². The molecular weight excluding hydrogens is 298 g/mol. The minimum Gasteiger partial charge on any atom is -0.315 e. The third-order valence-corrected chi connectivity index (χ3v) is 4.89. The lowest BCUT2D eigenvalue weighted by Gasteiger charge is -2.24. The first-order valence-corrected chi connectivity index (χ1v) is 7.75. The van der Waals surface area contributed by atoms with Crippen LogP contribution in [0.4, 0.5) is 0 Å². The SMILES string of the molecule is Cc1ccc(C#N)cc1S(=O)(=O)N[C@H]1CCCNC1.Cl. The Labute approximate surface area is 125 Å². The van der Waals surface area contributed by atoms with Crippen molar-refractivity contribution in [1.82, 2.24) is 10.0 Å². The van der Waals surface area contributed by atoms with Gasteiger partial charge in [-0.25, -0.2) is 13.1 Å². The molecule has 0 radical (unpaired) electrons. The largest absolute Gasteiger partial charge is 0.315 e. The van der Waals surface area contributed by atoms with Crippen LogP contribution in [-0.4, -0.2) is 27.5 Å². The molecule has 0 bridgehead atoms. The fraction of sp³-hybridized carbons (Fsp3) is 0.462. The zero-order chi connectivity index (χ0) is 13.9. The molecule has 5 nitrogen and oxygen atoms in total. The predicted molar refractivity (Wildman–Crippen MR) is 79.4 cm³/mol. The predicted octanol–water partition coefficient (Wildman–Crippen LogP) is 1.32. The quantitative estimate of drug-likeness (QED) is 0.881. The molecule has 0 unspecified atom stereocenters. The number of aryl methyl sites for hydroxylation is 1. The number of nitrogens with zero attached hydrogens (tertiary/aromatic N) is 1. The number of nitriles is 1. The third kappa shape index (κ3) is 3.93. The molecule has 0 aromatic heterocycles. The molecular formula is C13H18ClN3O2S. The van der Waals surface area contributed by atoms with Crippen molar-refractivity contribution in [2.24, 2.45) is 0 Å². The summed E-state index contributed by atoms with van der Waals surface area (Å²) in [5.74, 6) is 0. The Morgan fingerprint density at radius 1 is 1.45 bits per heavy atom. The van der Waals surface area contributed by atoms with Crippen molar-refractivity contribution in [1.29, 1.82) is 5.26 Å². The maximum atomic E-state index is 12.3. The molecule has 2 rings (SSSR count). The van der Waals surface area contributed by atoms with E-state index in [0.29, 0.717) is 17.7 Å². The van der Waals surface area contributed by atoms with E-state index in [-0.39, 0.29) is 23.3 Å². The summed E-state index contributed by atoms with van der Waals surface area (Å²) in [5, 5.41) is 12.0. The summed E-state index contributed by atoms with van der Waals surface area (Å²) >= 11 is 0. The van der Waals surface area contributed by atoms with Crippen LogP contribution in [-0.2, 0) is 10.0 Å². The second-order valence-corrected chi connectivity index (χ2v) is 6.44. The van der Waals surface area contributed by atoms with Crippen molar-refractivity contribution in [3.05, 3.63) is 29.3 Å². The fourth-order valence-corrected chi connectivity index (χ4v) is 3.74. The van der Waals surface area contributed by atoms with Crippen LogP contribution in [0, 0.1) is 18.3 Å². The van der Waals surface area contributed by atoms with E-state index in [9.17, 15) is 8.42 Å². The molecule has 2 N–H and O–H groups in total. The van der Waals surface area contributed by atoms with E-state index in [0.717, 1.165) is 19.4 Å². The highest BCUT2D eigenvalue weighted by Gasteiger charge is 2.23. The maximum Gasteiger partial charge on any atom is 0.241 e. The monoisotopic (exact) mass is 315 g/mol. The number of nitrogens with one attached hydrogen (secondary N) is 2. The van der Waals surface area contributed by atoms with Crippen LogP contribution in [0.25, 0.3) is 0 Å². The van der Waals surface area contributed by atoms with Gasteiger partial charge in [0.1, 0.15) is 0 Å². The smallest absolute Gasteiger partial charge is 0.241 e. The second kappa shape index (κ2) is 7.04. The normalized spacial score (nSPS) is 18.9. The van der Waals surface area contributed by atoms with E-state index < -0.39 is 10.0 Å². The number of rotatable bonds is 3. The van der Waals surface area contributed by atoms with Gasteiger partial charge in [-0.05, 0) is 44.0 Å². The highest BCUT2D eigenvalue weighted by Crippen LogP contribution is 2.18. The molecule has 1 heterocycles. The molecule has 1 aliphatic heterocycles. The molecule has 1 aromatic rings. The molecule has 0 amide bonds. The van der Waals surface area contributed by atoms with Crippen molar-refractivity contribution in [3.8, 4) is 6.07 Å². The number of benzene rings is 1. The Morgan fingerprint density at radius 2 is 2.20 bits per heavy atom. The van der Waals surface area contributed by atoms with Gasteiger partial charge in [-0.15, -0.1) is 12.4 Å². The number of sulfonamides is 1. The molecule has 7 heteroatoms. The highest BCUT2D eigenvalue weighted by molar-refractivity contribution is 7.89. The molecule has 0 aliphatic carbocycles. The number of piperidine rings is 1. The van der Waals surface area contributed by atoms with E-state index in [1.807, 2.05) is 6.07 Å². The van der Waals surface area contributed by atoms with E-state index in [2.05, 4.69) is 10.0 Å². The molecule has 1 fully saturated rings. The number of hydrogen-bond donors (Lipinski definition) is 2. The van der Waals surface area contributed by atoms with E-state index in [1.165, 1.54) is 6.07 Å². The Bertz CT molecular complexity index is 605. The van der Waals surface area contributed by atoms with Gasteiger partial charge in [0.25, 0.3) is 0 Å². The van der Waals surface area contributed by atoms with Crippen LogP contribution in [0.5, 0.6) is 0 Å². The molecule has 1 aromatic carbocycles. The van der Waals surface area contributed by atoms with Crippen LogP contribution in [0.2, 0.25) is 0 Å². The molecule has 20 heavy (non-hydrogen) atoms. The Hall–Kier alpha value is -1.13. The first kappa shape index (κ1) is 16.9. The van der Waals surface area contributed by atoms with Gasteiger partial charge in [0.15, 0.2) is 0 Å². The fourth-order valence-electron chi connectivity index (χ4n) is 2.19. The molecule has 110 valence electrons. The summed E-state index contributed by atoms with van der Waals surface area (Å²) in [6.07, 6.45) is 1.80. The molecule has 0 saturated carbocycles. The minimum absolute atomic E-state index is 0. The van der Waals surface area contributed by atoms with Crippen molar-refractivity contribution in [3.63, 3.8) is 0 Å². The Balaban J connectivity index is 0.00000200. The lowest BCUT2D eigenvalue weighted by molar-refractivity contribution is 0.428. The van der Waals surface area contributed by atoms with Gasteiger partial charge in [-0.3, -0.25) is 0 Å². The topological polar surface area (TPSA) is 82.0 Å². The maximum absolute atomic E-state index is 12.3. The van der Waals surface area contributed by atoms with Crippen molar-refractivity contribution in [2.45, 2.75) is 30.7 Å². The van der Waals surface area contributed by atoms with E-state index in [4.69, 9.17) is 5.26 Å². The van der Waals surface area contributed by atoms with Crippen molar-refractivity contribution < 1.29 is 8.42 Å². The molecule has 1 saturated heterocycles. The summed E-state index contributed by atoms with van der Waals surface area (Å²) in [7, 11) is -3.56. The van der Waals surface area contributed by atoms with Gasteiger partial charge in [-0.2, -0.15) is 5.26 Å². The van der Waals surface area contributed by atoms with E-state index in [1.54, 1.807) is 19.1 Å². The number of hydrogen-bond acceptors (Lipinski definition) is 4. The van der Waals surface area contributed by atoms with Gasteiger partial charge in [-0.1, -0.05) is 6.07 Å². The lowest BCUT2D eigenvalue weighted by atomic mass is 10.1. The summed E-state index contributed by atoms with van der Waals surface area (Å²) in [6.45, 7) is 3.31. The minimum atomic E-state index is -3.56. The second-order valence-electron chi connectivity index (χ2n) is 4.76. The zero-order valence-electron chi connectivity index (χ0n) is 11.2. The van der Waals surface area contributed by atoms with Crippen LogP contribution in [0.15, 0.2) is 23.1 Å². The first-order valence-electron chi connectivity index (χ1n) is 6.27. The Morgan fingerprint density at radius 3 is 2.80 bits per heavy atom. The lowest BCUT2D eigenvalue weighted by Crippen LogP contribution is -2.45. The van der Waals surface area contributed by atoms with Crippen LogP contribution >= 0.6 is 12.4 Å². The van der Waals surface area contributed by atoms with Crippen molar-refractivity contribution in [2.75, 3.05) is 13.1 Å². The molecule has 1 aliphatic rings. The van der Waals surface area contributed by atoms with Gasteiger partial charge in [0.05, 0.1) is 16.5 Å². The summed E-state index contributed by atoms with van der Waals surface area (Å²) < 4.78 is 27.4. The average molecular weight is 316 g/mol. The third-order valence-electron chi connectivity index (χ3n) is 3.23. The zero-order valence-corrected chi connectivity index (χ0v) is 12.9. The highest BCUT2D eigenvalue weighted by atomic mass is 35.5.